The molecule has 1 amide bonds. The number of ether oxygens (including phenoxy) is 2. The molecule has 1 aliphatic heterocycles. The van der Waals surface area contributed by atoms with Gasteiger partial charge in [-0.1, -0.05) is 11.8 Å². The number of aryl methyl sites for hydroxylation is 1. The third-order valence-corrected chi connectivity index (χ3v) is 6.65. The summed E-state index contributed by atoms with van der Waals surface area (Å²) in [4.78, 5) is 25.8. The van der Waals surface area contributed by atoms with Crippen LogP contribution in [0.3, 0.4) is 0 Å². The van der Waals surface area contributed by atoms with Crippen molar-refractivity contribution in [2.75, 3.05) is 17.7 Å². The number of anilines is 1. The van der Waals surface area contributed by atoms with Crippen molar-refractivity contribution >= 4 is 39.3 Å². The highest BCUT2D eigenvalue weighted by atomic mass is 32.2. The Morgan fingerprint density at radius 2 is 2.00 bits per heavy atom. The molecule has 2 heterocycles. The quantitative estimate of drug-likeness (QED) is 0.531. The van der Waals surface area contributed by atoms with Gasteiger partial charge in [-0.15, -0.1) is 11.3 Å². The lowest BCUT2D eigenvalue weighted by Gasteiger charge is -2.13. The Morgan fingerprint density at radius 1 is 1.26 bits per heavy atom. The number of thioether (sulfide) groups is 1. The third kappa shape index (κ3) is 4.47. The Morgan fingerprint density at radius 3 is 2.67 bits per heavy atom. The van der Waals surface area contributed by atoms with E-state index in [1.54, 1.807) is 6.92 Å². The Kier molecular flexibility index (Phi) is 6.77. The van der Waals surface area contributed by atoms with Crippen LogP contribution >= 0.6 is 23.1 Å². The first kappa shape index (κ1) is 20.6. The van der Waals surface area contributed by atoms with Crippen LogP contribution < -0.4 is 5.32 Å². The maximum Gasteiger partial charge on any atom is 0.341 e. The first-order valence-electron chi connectivity index (χ1n) is 8.87. The Balaban J connectivity index is 1.67. The monoisotopic (exact) mass is 417 g/mol. The standard InChI is InChI=1S/C17H23NO7S2/c1-2-24-15(21)11-8-5-3-4-6-10(8)27-14(11)18-17(23)26-7-9-12(19)13(20)16(22)25-9/h9,12-13,16,19-20,22H,2-7H2,1H3,(H,18,23)/t9-,12-,13+,16-/m1/s1. The smallest absolute Gasteiger partial charge is 0.341 e. The maximum absolute atomic E-state index is 12.4. The summed E-state index contributed by atoms with van der Waals surface area (Å²) in [6, 6.07) is 0. The molecule has 27 heavy (non-hydrogen) atoms. The van der Waals surface area contributed by atoms with Crippen LogP contribution in [-0.2, 0) is 22.3 Å². The molecule has 4 N–H and O–H groups in total. The number of aliphatic hydroxyl groups excluding tert-OH is 3. The molecule has 0 spiro atoms. The summed E-state index contributed by atoms with van der Waals surface area (Å²) >= 11 is 2.25. The molecule has 0 radical (unpaired) electrons. The van der Waals surface area contributed by atoms with Gasteiger partial charge in [-0.25, -0.2) is 4.79 Å². The number of fused-ring (bicyclic) bond motifs is 1. The molecule has 0 aromatic carbocycles. The Labute approximate surface area is 164 Å². The Bertz CT molecular complexity index is 708. The van der Waals surface area contributed by atoms with Crippen molar-refractivity contribution in [3.05, 3.63) is 16.0 Å². The zero-order valence-corrected chi connectivity index (χ0v) is 16.5. The predicted octanol–water partition coefficient (Wildman–Crippen LogP) is 1.51. The summed E-state index contributed by atoms with van der Waals surface area (Å²) in [5.74, 6) is -0.376. The van der Waals surface area contributed by atoms with Gasteiger partial charge in [0.2, 0.25) is 0 Å². The summed E-state index contributed by atoms with van der Waals surface area (Å²) in [6.07, 6.45) is -1.24. The van der Waals surface area contributed by atoms with Crippen molar-refractivity contribution in [3.8, 4) is 0 Å². The number of esters is 1. The van der Waals surface area contributed by atoms with E-state index in [1.807, 2.05) is 0 Å². The number of amides is 1. The molecular weight excluding hydrogens is 394 g/mol. The third-order valence-electron chi connectivity index (χ3n) is 4.58. The highest BCUT2D eigenvalue weighted by Crippen LogP contribution is 2.39. The molecule has 0 unspecified atom stereocenters. The highest BCUT2D eigenvalue weighted by molar-refractivity contribution is 8.13. The van der Waals surface area contributed by atoms with E-state index < -0.39 is 35.8 Å². The van der Waals surface area contributed by atoms with E-state index in [-0.39, 0.29) is 12.4 Å². The second kappa shape index (κ2) is 8.89. The molecule has 1 aromatic rings. The summed E-state index contributed by atoms with van der Waals surface area (Å²) in [7, 11) is 0. The van der Waals surface area contributed by atoms with Gasteiger partial charge in [-0.3, -0.25) is 4.79 Å². The van der Waals surface area contributed by atoms with E-state index in [0.29, 0.717) is 10.6 Å². The molecular formula is C17H23NO7S2. The fraction of sp³-hybridized carbons (Fsp3) is 0.647. The number of hydrogen-bond donors (Lipinski definition) is 4. The van der Waals surface area contributed by atoms with Crippen LogP contribution in [0.5, 0.6) is 0 Å². The Hall–Kier alpha value is -1.17. The lowest BCUT2D eigenvalue weighted by molar-refractivity contribution is -0.123. The molecule has 3 rings (SSSR count). The van der Waals surface area contributed by atoms with Crippen molar-refractivity contribution in [2.45, 2.75) is 57.2 Å². The van der Waals surface area contributed by atoms with E-state index in [1.165, 1.54) is 11.3 Å². The van der Waals surface area contributed by atoms with E-state index >= 15 is 0 Å². The number of nitrogens with one attached hydrogen (secondary N) is 1. The van der Waals surface area contributed by atoms with Crippen molar-refractivity contribution in [2.24, 2.45) is 0 Å². The highest BCUT2D eigenvalue weighted by Gasteiger charge is 2.41. The number of carbonyl (C=O) groups is 2. The van der Waals surface area contributed by atoms with Gasteiger partial charge in [0.1, 0.15) is 17.2 Å². The number of aliphatic hydroxyl groups is 3. The van der Waals surface area contributed by atoms with Gasteiger partial charge in [0.05, 0.1) is 18.3 Å². The number of thiophene rings is 1. The van der Waals surface area contributed by atoms with Crippen LogP contribution in [0, 0.1) is 0 Å². The van der Waals surface area contributed by atoms with Gasteiger partial charge in [-0.2, -0.15) is 0 Å². The van der Waals surface area contributed by atoms with Gasteiger partial charge in [0.25, 0.3) is 5.24 Å². The van der Waals surface area contributed by atoms with Crippen LogP contribution in [0.2, 0.25) is 0 Å². The van der Waals surface area contributed by atoms with E-state index in [4.69, 9.17) is 9.47 Å². The molecule has 0 bridgehead atoms. The molecule has 1 saturated heterocycles. The molecule has 2 aliphatic rings. The topological polar surface area (TPSA) is 125 Å². The van der Waals surface area contributed by atoms with E-state index in [0.717, 1.165) is 47.9 Å². The molecule has 150 valence electrons. The summed E-state index contributed by atoms with van der Waals surface area (Å²) < 4.78 is 10.2. The van der Waals surface area contributed by atoms with Crippen molar-refractivity contribution in [1.29, 1.82) is 0 Å². The summed E-state index contributed by atoms with van der Waals surface area (Å²) in [6.45, 7) is 1.99. The fourth-order valence-electron chi connectivity index (χ4n) is 3.23. The van der Waals surface area contributed by atoms with Crippen LogP contribution in [0.1, 0.15) is 40.6 Å². The lowest BCUT2D eigenvalue weighted by atomic mass is 9.95. The minimum atomic E-state index is -1.46. The minimum absolute atomic E-state index is 0.0565. The predicted molar refractivity (Wildman–Crippen MR) is 101 cm³/mol. The molecule has 1 aromatic heterocycles. The number of hydrogen-bond acceptors (Lipinski definition) is 9. The van der Waals surface area contributed by atoms with Crippen molar-refractivity contribution in [1.82, 2.24) is 0 Å². The maximum atomic E-state index is 12.4. The lowest BCUT2D eigenvalue weighted by Crippen LogP contribution is -2.33. The van der Waals surface area contributed by atoms with Crippen LogP contribution in [0.4, 0.5) is 9.80 Å². The van der Waals surface area contributed by atoms with Gasteiger partial charge < -0.3 is 30.1 Å². The zero-order valence-electron chi connectivity index (χ0n) is 14.8. The fourth-order valence-corrected chi connectivity index (χ4v) is 5.33. The molecule has 1 aliphatic carbocycles. The first-order valence-corrected chi connectivity index (χ1v) is 10.7. The van der Waals surface area contributed by atoms with Gasteiger partial charge in [0, 0.05) is 10.6 Å². The molecule has 8 nitrogen and oxygen atoms in total. The summed E-state index contributed by atoms with van der Waals surface area (Å²) in [5, 5.41) is 31.5. The molecule has 4 atom stereocenters. The van der Waals surface area contributed by atoms with Gasteiger partial charge >= 0.3 is 5.97 Å². The van der Waals surface area contributed by atoms with Gasteiger partial charge in [0.15, 0.2) is 6.29 Å². The largest absolute Gasteiger partial charge is 0.462 e. The van der Waals surface area contributed by atoms with Crippen LogP contribution in [0.25, 0.3) is 0 Å². The summed E-state index contributed by atoms with van der Waals surface area (Å²) in [5.41, 5.74) is 1.40. The normalized spacial score (nSPS) is 27.3. The number of rotatable bonds is 5. The second-order valence-corrected chi connectivity index (χ2v) is 8.50. The molecule has 10 heteroatoms. The zero-order chi connectivity index (χ0) is 19.6. The SMILES string of the molecule is CCOC(=O)c1c(NC(=O)SC[C@H]2O[C@@H](O)[C@@H](O)[C@@H]2O)sc2c1CCCC2. The molecule has 1 fully saturated rings. The first-order chi connectivity index (χ1) is 12.9. The van der Waals surface area contributed by atoms with Crippen molar-refractivity contribution < 1.29 is 34.4 Å². The average molecular weight is 418 g/mol. The molecule has 0 saturated carbocycles. The second-order valence-electron chi connectivity index (χ2n) is 6.41. The van der Waals surface area contributed by atoms with Crippen LogP contribution in [0.15, 0.2) is 0 Å². The van der Waals surface area contributed by atoms with Crippen molar-refractivity contribution in [3.63, 3.8) is 0 Å². The minimum Gasteiger partial charge on any atom is -0.462 e. The van der Waals surface area contributed by atoms with E-state index in [2.05, 4.69) is 5.32 Å². The number of carbonyl (C=O) groups excluding carboxylic acids is 2. The average Bonchev–Trinajstić information content (AvgIpc) is 3.12. The van der Waals surface area contributed by atoms with Gasteiger partial charge in [-0.05, 0) is 38.2 Å². The van der Waals surface area contributed by atoms with Crippen LogP contribution in [-0.4, -0.2) is 63.5 Å². The van der Waals surface area contributed by atoms with E-state index in [9.17, 15) is 24.9 Å².